The molecule has 0 radical (unpaired) electrons. The predicted octanol–water partition coefficient (Wildman–Crippen LogP) is 2.79. The third kappa shape index (κ3) is 3.05. The van der Waals surface area contributed by atoms with E-state index in [1.54, 1.807) is 12.2 Å². The molecule has 0 fully saturated rings. The molecule has 2 rings (SSSR count). The van der Waals surface area contributed by atoms with E-state index in [0.717, 1.165) is 6.07 Å². The lowest BCUT2D eigenvalue weighted by atomic mass is 10.2. The van der Waals surface area contributed by atoms with E-state index >= 15 is 0 Å². The van der Waals surface area contributed by atoms with Gasteiger partial charge in [-0.25, -0.2) is 0 Å². The minimum absolute atomic E-state index is 0.107. The molecule has 8 heteroatoms. The number of non-ortho nitro benzene ring substituents is 1. The topological polar surface area (TPSA) is 111 Å². The molecule has 0 aliphatic heterocycles. The molecule has 0 atom stereocenters. The van der Waals surface area contributed by atoms with E-state index in [4.69, 9.17) is 0 Å². The van der Waals surface area contributed by atoms with Crippen molar-refractivity contribution in [1.82, 2.24) is 0 Å². The van der Waals surface area contributed by atoms with Gasteiger partial charge in [0.05, 0.1) is 21.6 Å². The molecule has 1 N–H and O–H groups in total. The highest BCUT2D eigenvalue weighted by Gasteiger charge is 2.19. The summed E-state index contributed by atoms with van der Waals surface area (Å²) in [5.41, 5.74) is 2.66. The summed E-state index contributed by atoms with van der Waals surface area (Å²) in [6.07, 6.45) is 7.95. The fraction of sp³-hybridized carbons (Fsp3) is 0.0833. The van der Waals surface area contributed by atoms with Gasteiger partial charge in [-0.15, -0.1) is 0 Å². The van der Waals surface area contributed by atoms with E-state index in [0.29, 0.717) is 12.1 Å². The van der Waals surface area contributed by atoms with Crippen molar-refractivity contribution in [1.29, 1.82) is 0 Å². The zero-order valence-corrected chi connectivity index (χ0v) is 10.2. The fourth-order valence-electron chi connectivity index (χ4n) is 1.60. The number of anilines is 1. The summed E-state index contributed by atoms with van der Waals surface area (Å²) in [6, 6.07) is 3.36. The molecule has 0 heterocycles. The molecule has 8 nitrogen and oxygen atoms in total. The van der Waals surface area contributed by atoms with Gasteiger partial charge >= 0.3 is 5.69 Å². The Morgan fingerprint density at radius 2 is 1.95 bits per heavy atom. The Morgan fingerprint density at radius 3 is 2.55 bits per heavy atom. The molecule has 1 aliphatic rings. The summed E-state index contributed by atoms with van der Waals surface area (Å²) < 4.78 is 0. The van der Waals surface area contributed by atoms with Crippen LogP contribution in [0.4, 0.5) is 17.1 Å². The first-order valence-electron chi connectivity index (χ1n) is 5.66. The number of benzene rings is 1. The molecule has 0 saturated heterocycles. The van der Waals surface area contributed by atoms with E-state index in [2.05, 4.69) is 10.5 Å². The quantitative estimate of drug-likeness (QED) is 0.670. The van der Waals surface area contributed by atoms with Gasteiger partial charge in [0.1, 0.15) is 5.69 Å². The van der Waals surface area contributed by atoms with Gasteiger partial charge in [-0.2, -0.15) is 5.10 Å². The van der Waals surface area contributed by atoms with Crippen molar-refractivity contribution in [2.24, 2.45) is 5.10 Å². The minimum Gasteiger partial charge on any atom is -0.271 e. The average Bonchev–Trinajstić information content (AvgIpc) is 2.45. The molecular weight excluding hydrogens is 264 g/mol. The molecular formula is C12H10N4O4. The molecule has 20 heavy (non-hydrogen) atoms. The smallest absolute Gasteiger partial charge is 0.271 e. The Bertz CT molecular complexity index is 649. The number of allylic oxidation sites excluding steroid dienone is 4. The summed E-state index contributed by atoms with van der Waals surface area (Å²) in [5.74, 6) is 0. The highest BCUT2D eigenvalue weighted by molar-refractivity contribution is 5.97. The lowest BCUT2D eigenvalue weighted by Gasteiger charge is -2.05. The first-order valence-corrected chi connectivity index (χ1v) is 5.66. The van der Waals surface area contributed by atoms with Crippen molar-refractivity contribution in [3.63, 3.8) is 0 Å². The predicted molar refractivity (Wildman–Crippen MR) is 73.7 cm³/mol. The van der Waals surface area contributed by atoms with Crippen LogP contribution in [0.5, 0.6) is 0 Å². The Morgan fingerprint density at radius 1 is 1.15 bits per heavy atom. The van der Waals surface area contributed by atoms with Crippen LogP contribution in [0.15, 0.2) is 47.6 Å². The van der Waals surface area contributed by atoms with Crippen molar-refractivity contribution in [3.8, 4) is 0 Å². The van der Waals surface area contributed by atoms with Crippen molar-refractivity contribution >= 4 is 22.8 Å². The molecule has 0 aromatic heterocycles. The van der Waals surface area contributed by atoms with E-state index in [-0.39, 0.29) is 17.1 Å². The van der Waals surface area contributed by atoms with Crippen LogP contribution in [-0.4, -0.2) is 15.6 Å². The van der Waals surface area contributed by atoms with Gasteiger partial charge in [-0.3, -0.25) is 25.7 Å². The van der Waals surface area contributed by atoms with Gasteiger partial charge in [0, 0.05) is 12.5 Å². The van der Waals surface area contributed by atoms with E-state index in [1.165, 1.54) is 12.1 Å². The van der Waals surface area contributed by atoms with Gasteiger partial charge in [0.15, 0.2) is 0 Å². The number of hydrogen-bond acceptors (Lipinski definition) is 6. The molecule has 1 aliphatic carbocycles. The number of nitro benzene ring substituents is 2. The van der Waals surface area contributed by atoms with Gasteiger partial charge in [-0.1, -0.05) is 18.2 Å². The van der Waals surface area contributed by atoms with Crippen molar-refractivity contribution in [2.75, 3.05) is 5.43 Å². The standard InChI is InChI=1S/C12H10N4O4/c17-15(18)10-6-7-11(12(8-10)16(19)20)14-13-9-4-2-1-3-5-9/h1-4,6-8,14H,5H2. The minimum atomic E-state index is -0.688. The fourth-order valence-corrected chi connectivity index (χ4v) is 1.60. The number of nitro groups is 2. The number of hydrazone groups is 1. The molecule has 1 aromatic rings. The summed E-state index contributed by atoms with van der Waals surface area (Å²) >= 11 is 0. The Hall–Kier alpha value is -3.03. The lowest BCUT2D eigenvalue weighted by molar-refractivity contribution is -0.393. The molecule has 0 bridgehead atoms. The van der Waals surface area contributed by atoms with Crippen LogP contribution in [0.1, 0.15) is 6.42 Å². The molecule has 0 amide bonds. The number of rotatable bonds is 4. The van der Waals surface area contributed by atoms with Crippen LogP contribution in [0.25, 0.3) is 0 Å². The maximum atomic E-state index is 10.9. The second-order valence-electron chi connectivity index (χ2n) is 3.92. The van der Waals surface area contributed by atoms with Crippen LogP contribution in [-0.2, 0) is 0 Å². The molecule has 0 saturated carbocycles. The monoisotopic (exact) mass is 274 g/mol. The molecule has 0 spiro atoms. The van der Waals surface area contributed by atoms with Crippen LogP contribution < -0.4 is 5.43 Å². The molecule has 102 valence electrons. The number of nitrogens with zero attached hydrogens (tertiary/aromatic N) is 3. The largest absolute Gasteiger partial charge is 0.301 e. The third-order valence-electron chi connectivity index (χ3n) is 2.57. The van der Waals surface area contributed by atoms with Crippen LogP contribution >= 0.6 is 0 Å². The van der Waals surface area contributed by atoms with Crippen molar-refractivity contribution < 1.29 is 9.85 Å². The Balaban J connectivity index is 2.27. The van der Waals surface area contributed by atoms with Gasteiger partial charge in [0.25, 0.3) is 5.69 Å². The highest BCUT2D eigenvalue weighted by Crippen LogP contribution is 2.28. The first kappa shape index (κ1) is 13.4. The van der Waals surface area contributed by atoms with E-state index < -0.39 is 9.85 Å². The van der Waals surface area contributed by atoms with Crippen molar-refractivity contribution in [3.05, 3.63) is 62.7 Å². The third-order valence-corrected chi connectivity index (χ3v) is 2.57. The average molecular weight is 274 g/mol. The zero-order valence-electron chi connectivity index (χ0n) is 10.2. The highest BCUT2D eigenvalue weighted by atomic mass is 16.6. The Labute approximate surface area is 113 Å². The summed E-state index contributed by atoms with van der Waals surface area (Å²) in [4.78, 5) is 20.2. The second kappa shape index (κ2) is 5.74. The molecule has 1 aromatic carbocycles. The van der Waals surface area contributed by atoms with E-state index in [1.807, 2.05) is 12.2 Å². The second-order valence-corrected chi connectivity index (χ2v) is 3.92. The Kier molecular flexibility index (Phi) is 3.85. The van der Waals surface area contributed by atoms with Crippen molar-refractivity contribution in [2.45, 2.75) is 6.42 Å². The van der Waals surface area contributed by atoms with E-state index in [9.17, 15) is 20.2 Å². The zero-order chi connectivity index (χ0) is 14.5. The maximum absolute atomic E-state index is 10.9. The van der Waals surface area contributed by atoms with Crippen LogP contribution in [0, 0.1) is 20.2 Å². The van der Waals surface area contributed by atoms with Crippen LogP contribution in [0.2, 0.25) is 0 Å². The van der Waals surface area contributed by atoms with Gasteiger partial charge in [-0.05, 0) is 12.1 Å². The summed E-state index contributed by atoms with van der Waals surface area (Å²) in [7, 11) is 0. The first-order chi connectivity index (χ1) is 9.58. The number of hydrogen-bond donors (Lipinski definition) is 1. The molecule has 0 unspecified atom stereocenters. The SMILES string of the molecule is O=[N+]([O-])c1ccc(NN=C2C=CC=CC2)c([N+](=O)[O-])c1. The lowest BCUT2D eigenvalue weighted by Crippen LogP contribution is -2.02. The summed E-state index contributed by atoms with van der Waals surface area (Å²) in [6.45, 7) is 0. The number of nitrogens with one attached hydrogen (secondary N) is 1. The van der Waals surface area contributed by atoms with Gasteiger partial charge < -0.3 is 0 Å². The maximum Gasteiger partial charge on any atom is 0.301 e. The van der Waals surface area contributed by atoms with Gasteiger partial charge in [0.2, 0.25) is 0 Å². The normalized spacial score (nSPS) is 15.3. The summed E-state index contributed by atoms with van der Waals surface area (Å²) in [5, 5.41) is 25.6. The van der Waals surface area contributed by atoms with Crippen LogP contribution in [0.3, 0.4) is 0 Å².